The van der Waals surface area contributed by atoms with Crippen LogP contribution in [0.4, 0.5) is 17.1 Å². The van der Waals surface area contributed by atoms with Gasteiger partial charge in [0.05, 0.1) is 24.4 Å². The summed E-state index contributed by atoms with van der Waals surface area (Å²) < 4.78 is 5.41. The molecule has 0 unspecified atom stereocenters. The van der Waals surface area contributed by atoms with Gasteiger partial charge in [0.25, 0.3) is 5.91 Å². The average molecular weight is 490 g/mol. The number of rotatable bonds is 7. The number of carbonyl (C=O) groups is 3. The van der Waals surface area contributed by atoms with Crippen molar-refractivity contribution in [2.75, 3.05) is 22.1 Å². The number of nitrogens with one attached hydrogen (secondary N) is 2. The second kappa shape index (κ2) is 10.9. The molecule has 0 aromatic heterocycles. The van der Waals surface area contributed by atoms with Gasteiger partial charge in [0, 0.05) is 16.8 Å². The minimum Gasteiger partial charge on any atom is -0.494 e. The highest BCUT2D eigenvalue weighted by molar-refractivity contribution is 6.32. The van der Waals surface area contributed by atoms with E-state index in [9.17, 15) is 14.4 Å². The summed E-state index contributed by atoms with van der Waals surface area (Å²) >= 11 is 6.20. The molecule has 178 valence electrons. The molecule has 1 atom stereocenters. The molecule has 35 heavy (non-hydrogen) atoms. The lowest BCUT2D eigenvalue weighted by Crippen LogP contribution is -2.52. The van der Waals surface area contributed by atoms with Crippen LogP contribution >= 0.6 is 11.6 Å². The van der Waals surface area contributed by atoms with Crippen LogP contribution < -0.4 is 20.3 Å². The van der Waals surface area contributed by atoms with E-state index >= 15 is 0 Å². The van der Waals surface area contributed by atoms with E-state index in [0.29, 0.717) is 40.0 Å². The van der Waals surface area contributed by atoms with Crippen LogP contribution in [0.25, 0.3) is 6.08 Å². The van der Waals surface area contributed by atoms with Crippen LogP contribution in [0.5, 0.6) is 5.75 Å². The number of amides is 3. The number of para-hydroxylation sites is 2. The van der Waals surface area contributed by atoms with Crippen LogP contribution in [-0.2, 0) is 14.4 Å². The van der Waals surface area contributed by atoms with Gasteiger partial charge in [-0.05, 0) is 61.0 Å². The average Bonchev–Trinajstić information content (AvgIpc) is 2.85. The predicted molar refractivity (Wildman–Crippen MR) is 138 cm³/mol. The van der Waals surface area contributed by atoms with E-state index in [1.807, 2.05) is 13.0 Å². The molecule has 8 heteroatoms. The van der Waals surface area contributed by atoms with E-state index in [4.69, 9.17) is 16.3 Å². The first kappa shape index (κ1) is 24.0. The largest absolute Gasteiger partial charge is 0.494 e. The fraction of sp³-hybridized carbons (Fsp3) is 0.148. The first-order valence-electron chi connectivity index (χ1n) is 11.1. The van der Waals surface area contributed by atoms with Crippen LogP contribution in [0.2, 0.25) is 5.02 Å². The SMILES string of the molecule is CCOc1ccc(NC(=O)C[C@H]2C(=O)Nc3ccccc3N2C(=O)/C=C/c2ccccc2Cl)cc1. The van der Waals surface area contributed by atoms with Crippen molar-refractivity contribution in [1.29, 1.82) is 0 Å². The van der Waals surface area contributed by atoms with Crippen molar-refractivity contribution < 1.29 is 19.1 Å². The zero-order valence-electron chi connectivity index (χ0n) is 19.0. The second-order valence-electron chi connectivity index (χ2n) is 7.79. The Morgan fingerprint density at radius 3 is 2.51 bits per heavy atom. The van der Waals surface area contributed by atoms with Crippen LogP contribution in [0.15, 0.2) is 78.9 Å². The van der Waals surface area contributed by atoms with Gasteiger partial charge >= 0.3 is 0 Å². The summed E-state index contributed by atoms with van der Waals surface area (Å²) in [5.41, 5.74) is 2.24. The van der Waals surface area contributed by atoms with Gasteiger partial charge in [-0.25, -0.2) is 0 Å². The fourth-order valence-corrected chi connectivity index (χ4v) is 3.99. The highest BCUT2D eigenvalue weighted by Gasteiger charge is 2.37. The molecule has 0 saturated carbocycles. The van der Waals surface area contributed by atoms with E-state index < -0.39 is 23.8 Å². The third-order valence-corrected chi connectivity index (χ3v) is 5.76. The molecule has 3 amide bonds. The Morgan fingerprint density at radius 2 is 1.77 bits per heavy atom. The first-order valence-corrected chi connectivity index (χ1v) is 11.5. The zero-order chi connectivity index (χ0) is 24.8. The van der Waals surface area contributed by atoms with E-state index in [1.54, 1.807) is 72.8 Å². The summed E-state index contributed by atoms with van der Waals surface area (Å²) in [5, 5.41) is 6.07. The van der Waals surface area contributed by atoms with E-state index in [1.165, 1.54) is 11.0 Å². The number of anilines is 3. The molecule has 3 aromatic carbocycles. The van der Waals surface area contributed by atoms with Crippen molar-refractivity contribution in [2.45, 2.75) is 19.4 Å². The van der Waals surface area contributed by atoms with Gasteiger partial charge < -0.3 is 15.4 Å². The van der Waals surface area contributed by atoms with E-state index in [0.717, 1.165) is 0 Å². The van der Waals surface area contributed by atoms with Crippen molar-refractivity contribution >= 4 is 52.5 Å². The number of ether oxygens (including phenoxy) is 1. The third kappa shape index (κ3) is 5.70. The maximum Gasteiger partial charge on any atom is 0.251 e. The Labute approximate surface area is 208 Å². The van der Waals surface area contributed by atoms with Crippen molar-refractivity contribution in [2.24, 2.45) is 0 Å². The molecule has 7 nitrogen and oxygen atoms in total. The molecule has 1 aliphatic rings. The van der Waals surface area contributed by atoms with Gasteiger partial charge in [-0.2, -0.15) is 0 Å². The Bertz CT molecular complexity index is 1270. The highest BCUT2D eigenvalue weighted by atomic mass is 35.5. The van der Waals surface area contributed by atoms with Gasteiger partial charge in [0.1, 0.15) is 11.8 Å². The standard InChI is InChI=1S/C27H24ClN3O4/c1-2-35-20-14-12-19(13-15-20)29-25(32)17-24-27(34)30-22-9-5-6-10-23(22)31(24)26(33)16-11-18-7-3-4-8-21(18)28/h3-16,24H,2,17H2,1H3,(H,29,32)(H,30,34)/b16-11+/t24-/m0/s1. The van der Waals surface area contributed by atoms with Crippen molar-refractivity contribution in [1.82, 2.24) is 0 Å². The van der Waals surface area contributed by atoms with Gasteiger partial charge in [-0.1, -0.05) is 41.9 Å². The van der Waals surface area contributed by atoms with Gasteiger partial charge in [-0.3, -0.25) is 19.3 Å². The summed E-state index contributed by atoms with van der Waals surface area (Å²) in [6, 6.07) is 20.0. The quantitative estimate of drug-likeness (QED) is 0.450. The maximum atomic E-state index is 13.3. The molecule has 1 aliphatic heterocycles. The highest BCUT2D eigenvalue weighted by Crippen LogP contribution is 2.33. The van der Waals surface area contributed by atoms with Crippen LogP contribution in [0.3, 0.4) is 0 Å². The van der Waals surface area contributed by atoms with Crippen molar-refractivity contribution in [3.63, 3.8) is 0 Å². The predicted octanol–water partition coefficient (Wildman–Crippen LogP) is 5.13. The van der Waals surface area contributed by atoms with Crippen molar-refractivity contribution in [3.8, 4) is 5.75 Å². The zero-order valence-corrected chi connectivity index (χ0v) is 19.8. The molecule has 0 saturated heterocycles. The number of nitrogens with zero attached hydrogens (tertiary/aromatic N) is 1. The minimum atomic E-state index is -1.03. The lowest BCUT2D eigenvalue weighted by Gasteiger charge is -2.35. The molecular weight excluding hydrogens is 466 g/mol. The number of hydrogen-bond acceptors (Lipinski definition) is 4. The molecule has 3 aromatic rings. The molecule has 0 aliphatic carbocycles. The Balaban J connectivity index is 1.56. The first-order chi connectivity index (χ1) is 17.0. The molecule has 2 N–H and O–H groups in total. The molecule has 0 spiro atoms. The third-order valence-electron chi connectivity index (χ3n) is 5.41. The van der Waals surface area contributed by atoms with E-state index in [-0.39, 0.29) is 6.42 Å². The maximum absolute atomic E-state index is 13.3. The fourth-order valence-electron chi connectivity index (χ4n) is 3.79. The van der Waals surface area contributed by atoms with Crippen LogP contribution in [0.1, 0.15) is 18.9 Å². The molecular formula is C27H24ClN3O4. The van der Waals surface area contributed by atoms with Crippen LogP contribution in [-0.4, -0.2) is 30.4 Å². The Morgan fingerprint density at radius 1 is 1.06 bits per heavy atom. The lowest BCUT2D eigenvalue weighted by molar-refractivity contribution is -0.124. The molecule has 0 bridgehead atoms. The van der Waals surface area contributed by atoms with Gasteiger partial charge in [0.2, 0.25) is 11.8 Å². The second-order valence-corrected chi connectivity index (χ2v) is 8.20. The summed E-state index contributed by atoms with van der Waals surface area (Å²) in [4.78, 5) is 40.5. The normalized spacial score (nSPS) is 14.9. The number of hydrogen-bond donors (Lipinski definition) is 2. The lowest BCUT2D eigenvalue weighted by atomic mass is 10.0. The summed E-state index contributed by atoms with van der Waals surface area (Å²) in [7, 11) is 0. The van der Waals surface area contributed by atoms with Crippen molar-refractivity contribution in [3.05, 3.63) is 89.5 Å². The van der Waals surface area contributed by atoms with Gasteiger partial charge in [-0.15, -0.1) is 0 Å². The summed E-state index contributed by atoms with van der Waals surface area (Å²) in [6.45, 7) is 2.43. The molecule has 0 radical (unpaired) electrons. The van der Waals surface area contributed by atoms with Crippen LogP contribution in [0, 0.1) is 0 Å². The summed E-state index contributed by atoms with van der Waals surface area (Å²) in [5.74, 6) is -0.589. The number of carbonyl (C=O) groups excluding carboxylic acids is 3. The number of halogens is 1. The smallest absolute Gasteiger partial charge is 0.251 e. The molecule has 4 rings (SSSR count). The summed E-state index contributed by atoms with van der Waals surface area (Å²) in [6.07, 6.45) is 2.73. The van der Waals surface area contributed by atoms with Gasteiger partial charge in [0.15, 0.2) is 0 Å². The minimum absolute atomic E-state index is 0.223. The Kier molecular flexibility index (Phi) is 7.48. The number of fused-ring (bicyclic) bond motifs is 1. The molecule has 0 fully saturated rings. The topological polar surface area (TPSA) is 87.7 Å². The number of benzene rings is 3. The monoisotopic (exact) mass is 489 g/mol. The molecule has 1 heterocycles. The van der Waals surface area contributed by atoms with E-state index in [2.05, 4.69) is 10.6 Å². The Hall–Kier alpha value is -4.10.